The fourth-order valence-electron chi connectivity index (χ4n) is 1.35. The van der Waals surface area contributed by atoms with Crippen LogP contribution >= 0.6 is 11.8 Å². The predicted octanol–water partition coefficient (Wildman–Crippen LogP) is 1.56. The number of hydrogen-bond acceptors (Lipinski definition) is 5. The molecule has 5 heteroatoms. The predicted molar refractivity (Wildman–Crippen MR) is 63.4 cm³/mol. The number of aromatic nitrogens is 2. The van der Waals surface area contributed by atoms with Gasteiger partial charge in [-0.25, -0.2) is 9.97 Å². The van der Waals surface area contributed by atoms with Crippen LogP contribution < -0.4 is 5.32 Å². The topological polar surface area (TPSA) is 58.0 Å². The van der Waals surface area contributed by atoms with Gasteiger partial charge in [0.15, 0.2) is 0 Å². The number of thioether (sulfide) groups is 1. The molecule has 1 aromatic rings. The molecule has 1 aromatic heterocycles. The van der Waals surface area contributed by atoms with Crippen molar-refractivity contribution >= 4 is 17.6 Å². The first-order valence-electron chi connectivity index (χ1n) is 5.08. The first kappa shape index (κ1) is 12.3. The quantitative estimate of drug-likeness (QED) is 0.570. The summed E-state index contributed by atoms with van der Waals surface area (Å²) in [5.74, 6) is 1.57. The zero-order valence-corrected chi connectivity index (χ0v) is 9.97. The monoisotopic (exact) mass is 227 g/mol. The highest BCUT2D eigenvalue weighted by molar-refractivity contribution is 7.99. The first-order chi connectivity index (χ1) is 7.33. The molecular formula is C10H17N3OS. The minimum absolute atomic E-state index is 0.176. The van der Waals surface area contributed by atoms with E-state index in [0.717, 1.165) is 29.2 Å². The number of hydrogen-bond donors (Lipinski definition) is 2. The maximum absolute atomic E-state index is 8.79. The molecule has 0 saturated heterocycles. The van der Waals surface area contributed by atoms with Crippen molar-refractivity contribution < 1.29 is 5.11 Å². The number of rotatable bonds is 6. The number of aliphatic hydroxyl groups is 1. The molecule has 0 aliphatic heterocycles. The van der Waals surface area contributed by atoms with Crippen molar-refractivity contribution in [3.05, 3.63) is 11.9 Å². The summed E-state index contributed by atoms with van der Waals surface area (Å²) in [5, 5.41) is 12.8. The highest BCUT2D eigenvalue weighted by Crippen LogP contribution is 2.25. The third-order valence-electron chi connectivity index (χ3n) is 1.97. The Balaban J connectivity index is 2.90. The van der Waals surface area contributed by atoms with Gasteiger partial charge in [-0.1, -0.05) is 13.3 Å². The molecule has 2 N–H and O–H groups in total. The summed E-state index contributed by atoms with van der Waals surface area (Å²) in [6.45, 7) is 2.31. The highest BCUT2D eigenvalue weighted by Gasteiger charge is 2.09. The van der Waals surface area contributed by atoms with E-state index in [2.05, 4.69) is 22.2 Å². The van der Waals surface area contributed by atoms with Crippen molar-refractivity contribution in [2.24, 2.45) is 0 Å². The number of nitrogens with zero attached hydrogens (tertiary/aromatic N) is 2. The second-order valence-corrected chi connectivity index (χ2v) is 4.16. The Bertz CT molecular complexity index is 307. The van der Waals surface area contributed by atoms with E-state index < -0.39 is 0 Å². The lowest BCUT2D eigenvalue weighted by molar-refractivity contribution is 0.322. The third kappa shape index (κ3) is 3.35. The van der Waals surface area contributed by atoms with E-state index in [1.807, 2.05) is 7.05 Å². The van der Waals surface area contributed by atoms with E-state index in [9.17, 15) is 0 Å². The first-order valence-corrected chi connectivity index (χ1v) is 6.07. The van der Waals surface area contributed by atoms with Gasteiger partial charge in [-0.2, -0.15) is 0 Å². The van der Waals surface area contributed by atoms with Crippen molar-refractivity contribution in [1.82, 2.24) is 9.97 Å². The minimum atomic E-state index is 0.176. The normalized spacial score (nSPS) is 10.3. The van der Waals surface area contributed by atoms with Crippen LogP contribution in [0.3, 0.4) is 0 Å². The van der Waals surface area contributed by atoms with E-state index >= 15 is 0 Å². The molecule has 0 aromatic carbocycles. The fraction of sp³-hybridized carbons (Fsp3) is 0.600. The van der Waals surface area contributed by atoms with Gasteiger partial charge in [0, 0.05) is 18.4 Å². The van der Waals surface area contributed by atoms with E-state index in [1.54, 1.807) is 18.1 Å². The molecule has 0 unspecified atom stereocenters. The van der Waals surface area contributed by atoms with Gasteiger partial charge in [0.2, 0.25) is 0 Å². The Kier molecular flexibility index (Phi) is 5.42. The van der Waals surface area contributed by atoms with Gasteiger partial charge < -0.3 is 10.4 Å². The smallest absolute Gasteiger partial charge is 0.133 e. The second kappa shape index (κ2) is 6.63. The average molecular weight is 227 g/mol. The van der Waals surface area contributed by atoms with Gasteiger partial charge in [0.25, 0.3) is 0 Å². The molecule has 0 aliphatic rings. The molecule has 84 valence electrons. The summed E-state index contributed by atoms with van der Waals surface area (Å²) in [4.78, 5) is 8.43. The van der Waals surface area contributed by atoms with Gasteiger partial charge >= 0.3 is 0 Å². The van der Waals surface area contributed by atoms with Crippen LogP contribution in [-0.4, -0.2) is 34.5 Å². The largest absolute Gasteiger partial charge is 0.396 e. The summed E-state index contributed by atoms with van der Waals surface area (Å²) in [5.41, 5.74) is 1.15. The van der Waals surface area contributed by atoms with Gasteiger partial charge in [0.1, 0.15) is 17.2 Å². The van der Waals surface area contributed by atoms with Crippen LogP contribution in [0.25, 0.3) is 0 Å². The van der Waals surface area contributed by atoms with Gasteiger partial charge in [0.05, 0.1) is 6.61 Å². The molecule has 0 radical (unpaired) electrons. The Hall–Kier alpha value is -0.810. The second-order valence-electron chi connectivity index (χ2n) is 3.08. The fourth-order valence-corrected chi connectivity index (χ4v) is 2.13. The Morgan fingerprint density at radius 2 is 2.27 bits per heavy atom. The number of anilines is 1. The lowest BCUT2D eigenvalue weighted by Crippen LogP contribution is -2.03. The molecule has 0 aliphatic carbocycles. The molecule has 0 spiro atoms. The molecule has 0 amide bonds. The van der Waals surface area contributed by atoms with Crippen molar-refractivity contribution in [3.8, 4) is 0 Å². The van der Waals surface area contributed by atoms with E-state index in [1.165, 1.54) is 0 Å². The van der Waals surface area contributed by atoms with Gasteiger partial charge in [-0.05, 0) is 6.42 Å². The summed E-state index contributed by atoms with van der Waals surface area (Å²) >= 11 is 1.58. The zero-order chi connectivity index (χ0) is 11.1. The molecule has 15 heavy (non-hydrogen) atoms. The van der Waals surface area contributed by atoms with E-state index in [0.29, 0.717) is 5.75 Å². The summed E-state index contributed by atoms with van der Waals surface area (Å²) < 4.78 is 0. The molecular weight excluding hydrogens is 210 g/mol. The molecule has 0 fully saturated rings. The number of aliphatic hydroxyl groups excluding tert-OH is 1. The van der Waals surface area contributed by atoms with Crippen molar-refractivity contribution in [1.29, 1.82) is 0 Å². The standard InChI is InChI=1S/C10H17N3OS/c1-3-4-8-9(11-2)12-7-13-10(8)15-6-5-14/h7,14H,3-6H2,1-2H3,(H,11,12,13). The average Bonchev–Trinajstić information content (AvgIpc) is 2.28. The third-order valence-corrected chi connectivity index (χ3v) is 2.98. The van der Waals surface area contributed by atoms with Gasteiger partial charge in [-0.3, -0.25) is 0 Å². The summed E-state index contributed by atoms with van der Waals surface area (Å²) in [6, 6.07) is 0. The van der Waals surface area contributed by atoms with E-state index in [4.69, 9.17) is 5.11 Å². The van der Waals surface area contributed by atoms with Crippen molar-refractivity contribution in [3.63, 3.8) is 0 Å². The molecule has 4 nitrogen and oxygen atoms in total. The van der Waals surface area contributed by atoms with Crippen LogP contribution in [0.15, 0.2) is 11.4 Å². The molecule has 1 heterocycles. The summed E-state index contributed by atoms with van der Waals surface area (Å²) in [6.07, 6.45) is 3.59. The molecule has 0 bridgehead atoms. The Labute approximate surface area is 94.5 Å². The van der Waals surface area contributed by atoms with Crippen LogP contribution in [0.1, 0.15) is 18.9 Å². The maximum atomic E-state index is 8.79. The molecule has 0 atom stereocenters. The SMILES string of the molecule is CCCc1c(NC)ncnc1SCCO. The van der Waals surface area contributed by atoms with Crippen molar-refractivity contribution in [2.75, 3.05) is 24.7 Å². The summed E-state index contributed by atoms with van der Waals surface area (Å²) in [7, 11) is 1.86. The maximum Gasteiger partial charge on any atom is 0.133 e. The molecule has 1 rings (SSSR count). The van der Waals surface area contributed by atoms with Crippen LogP contribution in [0.5, 0.6) is 0 Å². The number of nitrogens with one attached hydrogen (secondary N) is 1. The Morgan fingerprint density at radius 1 is 1.47 bits per heavy atom. The van der Waals surface area contributed by atoms with Crippen LogP contribution in [-0.2, 0) is 6.42 Å². The lowest BCUT2D eigenvalue weighted by atomic mass is 10.2. The zero-order valence-electron chi connectivity index (χ0n) is 9.16. The van der Waals surface area contributed by atoms with Crippen LogP contribution in [0.4, 0.5) is 5.82 Å². The highest BCUT2D eigenvalue weighted by atomic mass is 32.2. The van der Waals surface area contributed by atoms with Crippen LogP contribution in [0.2, 0.25) is 0 Å². The Morgan fingerprint density at radius 3 is 2.87 bits per heavy atom. The van der Waals surface area contributed by atoms with Crippen molar-refractivity contribution in [2.45, 2.75) is 24.8 Å². The van der Waals surface area contributed by atoms with Gasteiger partial charge in [-0.15, -0.1) is 11.8 Å². The minimum Gasteiger partial charge on any atom is -0.396 e. The van der Waals surface area contributed by atoms with E-state index in [-0.39, 0.29) is 6.61 Å². The van der Waals surface area contributed by atoms with Crippen LogP contribution in [0, 0.1) is 0 Å². The lowest BCUT2D eigenvalue weighted by Gasteiger charge is -2.10. The molecule has 0 saturated carbocycles.